The average molecular weight is 334 g/mol. The third kappa shape index (κ3) is 3.48. The van der Waals surface area contributed by atoms with Gasteiger partial charge in [0.25, 0.3) is 0 Å². The molecule has 2 heterocycles. The second-order valence-corrected chi connectivity index (χ2v) is 6.08. The highest BCUT2D eigenvalue weighted by atomic mass is 19.1. The molecule has 24 heavy (non-hydrogen) atoms. The van der Waals surface area contributed by atoms with Crippen molar-refractivity contribution in [1.82, 2.24) is 9.88 Å². The van der Waals surface area contributed by atoms with Crippen LogP contribution in [0.4, 0.5) is 8.78 Å². The van der Waals surface area contributed by atoms with Gasteiger partial charge in [0.15, 0.2) is 0 Å². The zero-order valence-corrected chi connectivity index (χ0v) is 13.3. The smallest absolute Gasteiger partial charge is 0.222 e. The van der Waals surface area contributed by atoms with Gasteiger partial charge < -0.3 is 14.6 Å². The molecule has 6 heteroatoms. The van der Waals surface area contributed by atoms with E-state index in [0.29, 0.717) is 13.2 Å². The number of aromatic nitrogens is 1. The second kappa shape index (κ2) is 7.13. The van der Waals surface area contributed by atoms with Crippen LogP contribution < -0.4 is 5.32 Å². The molecular weight excluding hydrogens is 314 g/mol. The molecule has 0 unspecified atom stereocenters. The van der Waals surface area contributed by atoms with E-state index >= 15 is 0 Å². The monoisotopic (exact) mass is 334 g/mol. The summed E-state index contributed by atoms with van der Waals surface area (Å²) in [6.45, 7) is 1.02. The van der Waals surface area contributed by atoms with Gasteiger partial charge >= 0.3 is 0 Å². The van der Waals surface area contributed by atoms with Gasteiger partial charge in [-0.3, -0.25) is 4.79 Å². The summed E-state index contributed by atoms with van der Waals surface area (Å²) in [6.07, 6.45) is 5.58. The fourth-order valence-corrected chi connectivity index (χ4v) is 3.18. The van der Waals surface area contributed by atoms with Gasteiger partial charge in [0, 0.05) is 37.7 Å². The van der Waals surface area contributed by atoms with Crippen molar-refractivity contribution in [3.05, 3.63) is 59.9 Å². The summed E-state index contributed by atoms with van der Waals surface area (Å²) in [5.74, 6) is -1.53. The Kier molecular flexibility index (Phi) is 4.94. The lowest BCUT2D eigenvalue weighted by Gasteiger charge is -2.38. The fourth-order valence-electron chi connectivity index (χ4n) is 3.18. The first-order chi connectivity index (χ1) is 11.6. The molecule has 1 aliphatic heterocycles. The topological polar surface area (TPSA) is 43.3 Å². The molecule has 1 saturated heterocycles. The molecular formula is C18H20F2N2O2. The number of halogens is 2. The lowest BCUT2D eigenvalue weighted by atomic mass is 9.86. The molecule has 0 bridgehead atoms. The molecule has 0 saturated carbocycles. The Morgan fingerprint density at radius 2 is 1.75 bits per heavy atom. The SMILES string of the molecule is O=C(CC1(n2cccc2)CCOCC1)NCc1c(F)cccc1F. The highest BCUT2D eigenvalue weighted by Crippen LogP contribution is 2.33. The summed E-state index contributed by atoms with van der Waals surface area (Å²) in [5, 5.41) is 2.64. The van der Waals surface area contributed by atoms with Crippen molar-refractivity contribution in [2.75, 3.05) is 13.2 Å². The fraction of sp³-hybridized carbons (Fsp3) is 0.389. The quantitative estimate of drug-likeness (QED) is 0.913. The van der Waals surface area contributed by atoms with Crippen LogP contribution in [0.3, 0.4) is 0 Å². The molecule has 3 rings (SSSR count). The number of carbonyl (C=O) groups is 1. The van der Waals surface area contributed by atoms with Crippen molar-refractivity contribution < 1.29 is 18.3 Å². The number of benzene rings is 1. The first kappa shape index (κ1) is 16.6. The number of nitrogens with one attached hydrogen (secondary N) is 1. The molecule has 0 atom stereocenters. The van der Waals surface area contributed by atoms with Gasteiger partial charge in [0.1, 0.15) is 11.6 Å². The van der Waals surface area contributed by atoms with Crippen LogP contribution in [0.15, 0.2) is 42.7 Å². The predicted molar refractivity (Wildman–Crippen MR) is 85.3 cm³/mol. The van der Waals surface area contributed by atoms with E-state index in [1.54, 1.807) is 0 Å². The largest absolute Gasteiger partial charge is 0.381 e. The molecule has 0 radical (unpaired) electrons. The molecule has 0 aliphatic carbocycles. The van der Waals surface area contributed by atoms with E-state index in [0.717, 1.165) is 12.8 Å². The Balaban J connectivity index is 1.68. The van der Waals surface area contributed by atoms with E-state index in [9.17, 15) is 13.6 Å². The van der Waals surface area contributed by atoms with E-state index in [2.05, 4.69) is 5.32 Å². The third-order valence-electron chi connectivity index (χ3n) is 4.59. The van der Waals surface area contributed by atoms with Crippen molar-refractivity contribution in [1.29, 1.82) is 0 Å². The Morgan fingerprint density at radius 1 is 1.12 bits per heavy atom. The molecule has 2 aromatic rings. The number of hydrogen-bond acceptors (Lipinski definition) is 2. The average Bonchev–Trinajstić information content (AvgIpc) is 3.10. The van der Waals surface area contributed by atoms with Gasteiger partial charge in [0.05, 0.1) is 12.0 Å². The van der Waals surface area contributed by atoms with Crippen molar-refractivity contribution in [3.8, 4) is 0 Å². The number of rotatable bonds is 5. The van der Waals surface area contributed by atoms with Crippen LogP contribution in [0.25, 0.3) is 0 Å². The van der Waals surface area contributed by atoms with Gasteiger partial charge in [-0.1, -0.05) is 6.07 Å². The molecule has 4 nitrogen and oxygen atoms in total. The van der Waals surface area contributed by atoms with Crippen LogP contribution in [-0.4, -0.2) is 23.7 Å². The zero-order valence-electron chi connectivity index (χ0n) is 13.3. The molecule has 1 N–H and O–H groups in total. The van der Waals surface area contributed by atoms with Crippen LogP contribution in [-0.2, 0) is 21.6 Å². The molecule has 1 aromatic carbocycles. The van der Waals surface area contributed by atoms with Gasteiger partial charge in [-0.15, -0.1) is 0 Å². The van der Waals surface area contributed by atoms with Crippen LogP contribution in [0.2, 0.25) is 0 Å². The molecule has 1 amide bonds. The summed E-state index contributed by atoms with van der Waals surface area (Å²) < 4.78 is 34.8. The van der Waals surface area contributed by atoms with E-state index in [-0.39, 0.29) is 30.0 Å². The van der Waals surface area contributed by atoms with E-state index in [1.165, 1.54) is 18.2 Å². The lowest BCUT2D eigenvalue weighted by molar-refractivity contribution is -0.124. The Hall–Kier alpha value is -2.21. The van der Waals surface area contributed by atoms with Gasteiger partial charge in [0.2, 0.25) is 5.91 Å². The minimum atomic E-state index is -0.651. The number of hydrogen-bond donors (Lipinski definition) is 1. The molecule has 1 fully saturated rings. The maximum atomic E-state index is 13.6. The van der Waals surface area contributed by atoms with Crippen molar-refractivity contribution in [2.45, 2.75) is 31.3 Å². The highest BCUT2D eigenvalue weighted by molar-refractivity contribution is 5.77. The Bertz CT molecular complexity index is 675. The standard InChI is InChI=1S/C18H20F2N2O2/c19-15-4-3-5-16(20)14(15)13-21-17(23)12-18(6-10-24-11-7-18)22-8-1-2-9-22/h1-5,8-9H,6-7,10-13H2,(H,21,23). The molecule has 0 spiro atoms. The third-order valence-corrected chi connectivity index (χ3v) is 4.59. The predicted octanol–water partition coefficient (Wildman–Crippen LogP) is 2.98. The minimum absolute atomic E-state index is 0.118. The number of nitrogens with zero attached hydrogens (tertiary/aromatic N) is 1. The summed E-state index contributed by atoms with van der Waals surface area (Å²) in [5.41, 5.74) is -0.465. The highest BCUT2D eigenvalue weighted by Gasteiger charge is 2.36. The number of ether oxygens (including phenoxy) is 1. The Morgan fingerprint density at radius 3 is 2.38 bits per heavy atom. The van der Waals surface area contributed by atoms with Crippen LogP contribution >= 0.6 is 0 Å². The minimum Gasteiger partial charge on any atom is -0.381 e. The van der Waals surface area contributed by atoms with Gasteiger partial charge in [-0.25, -0.2) is 8.78 Å². The first-order valence-electron chi connectivity index (χ1n) is 8.01. The van der Waals surface area contributed by atoms with Crippen LogP contribution in [0.5, 0.6) is 0 Å². The van der Waals surface area contributed by atoms with Gasteiger partial charge in [-0.2, -0.15) is 0 Å². The lowest BCUT2D eigenvalue weighted by Crippen LogP contribution is -2.43. The first-order valence-corrected chi connectivity index (χ1v) is 8.01. The van der Waals surface area contributed by atoms with Crippen LogP contribution in [0.1, 0.15) is 24.8 Å². The van der Waals surface area contributed by atoms with E-state index in [1.807, 2.05) is 29.1 Å². The maximum absolute atomic E-state index is 13.6. The Labute approximate surface area is 139 Å². The molecule has 128 valence electrons. The zero-order chi connectivity index (χ0) is 17.0. The van der Waals surface area contributed by atoms with Crippen molar-refractivity contribution >= 4 is 5.91 Å². The van der Waals surface area contributed by atoms with E-state index in [4.69, 9.17) is 4.74 Å². The van der Waals surface area contributed by atoms with Gasteiger partial charge in [-0.05, 0) is 37.1 Å². The number of carbonyl (C=O) groups excluding carboxylic acids is 1. The summed E-state index contributed by atoms with van der Waals surface area (Å²) in [4.78, 5) is 12.4. The molecule has 1 aliphatic rings. The normalized spacial score (nSPS) is 16.8. The second-order valence-electron chi connectivity index (χ2n) is 6.08. The van der Waals surface area contributed by atoms with Crippen LogP contribution in [0, 0.1) is 11.6 Å². The summed E-state index contributed by atoms with van der Waals surface area (Å²) >= 11 is 0. The van der Waals surface area contributed by atoms with Crippen molar-refractivity contribution in [3.63, 3.8) is 0 Å². The van der Waals surface area contributed by atoms with Crippen molar-refractivity contribution in [2.24, 2.45) is 0 Å². The summed E-state index contributed by atoms with van der Waals surface area (Å²) in [6, 6.07) is 7.52. The number of amides is 1. The molecule has 1 aromatic heterocycles. The van der Waals surface area contributed by atoms with E-state index < -0.39 is 11.6 Å². The maximum Gasteiger partial charge on any atom is 0.222 e. The summed E-state index contributed by atoms with van der Waals surface area (Å²) in [7, 11) is 0.